The zero-order valence-corrected chi connectivity index (χ0v) is 10.4. The monoisotopic (exact) mass is 284 g/mol. The lowest BCUT2D eigenvalue weighted by molar-refractivity contribution is -0.196. The summed E-state index contributed by atoms with van der Waals surface area (Å²) in [6.07, 6.45) is -6.77. The fourth-order valence-electron chi connectivity index (χ4n) is 1.25. The molecular formula is C10H11F3O4S. The lowest BCUT2D eigenvalue weighted by atomic mass is 10.1. The van der Waals surface area contributed by atoms with Crippen molar-refractivity contribution in [2.24, 2.45) is 0 Å². The van der Waals surface area contributed by atoms with Crippen molar-refractivity contribution in [3.63, 3.8) is 0 Å². The third kappa shape index (κ3) is 4.19. The number of methoxy groups -OCH3 is 1. The van der Waals surface area contributed by atoms with E-state index in [1.54, 1.807) is 0 Å². The number of benzene rings is 1. The van der Waals surface area contributed by atoms with Gasteiger partial charge in [-0.1, -0.05) is 12.1 Å². The first kappa shape index (κ1) is 14.8. The van der Waals surface area contributed by atoms with Gasteiger partial charge in [-0.15, -0.1) is 0 Å². The smallest absolute Gasteiger partial charge is 0.420 e. The summed E-state index contributed by atoms with van der Waals surface area (Å²) in [4.78, 5) is 0. The van der Waals surface area contributed by atoms with E-state index in [1.165, 1.54) is 19.2 Å². The van der Waals surface area contributed by atoms with E-state index in [1.807, 2.05) is 0 Å². The van der Waals surface area contributed by atoms with Gasteiger partial charge in [0.15, 0.2) is 6.10 Å². The van der Waals surface area contributed by atoms with E-state index in [4.69, 9.17) is 4.74 Å². The number of alkyl halides is 3. The van der Waals surface area contributed by atoms with E-state index in [0.29, 0.717) is 12.0 Å². The summed E-state index contributed by atoms with van der Waals surface area (Å²) in [5.74, 6) is 0.360. The highest BCUT2D eigenvalue weighted by atomic mass is 32.2. The Morgan fingerprint density at radius 3 is 2.00 bits per heavy atom. The molecule has 0 bridgehead atoms. The van der Waals surface area contributed by atoms with E-state index in [-0.39, 0.29) is 5.56 Å². The quantitative estimate of drug-likeness (QED) is 0.796. The minimum Gasteiger partial charge on any atom is -0.497 e. The van der Waals surface area contributed by atoms with Crippen molar-refractivity contribution in [3.05, 3.63) is 29.8 Å². The normalized spacial score (nSPS) is 14.3. The number of rotatable bonds is 4. The van der Waals surface area contributed by atoms with Gasteiger partial charge in [0.25, 0.3) is 10.1 Å². The van der Waals surface area contributed by atoms with Crippen molar-refractivity contribution in [1.29, 1.82) is 0 Å². The molecule has 4 nitrogen and oxygen atoms in total. The van der Waals surface area contributed by atoms with Gasteiger partial charge in [0.1, 0.15) is 5.75 Å². The molecule has 0 saturated heterocycles. The molecule has 102 valence electrons. The highest BCUT2D eigenvalue weighted by Gasteiger charge is 2.44. The van der Waals surface area contributed by atoms with Crippen molar-refractivity contribution < 1.29 is 30.5 Å². The average Bonchev–Trinajstić information content (AvgIpc) is 2.24. The predicted molar refractivity (Wildman–Crippen MR) is 57.7 cm³/mol. The van der Waals surface area contributed by atoms with Gasteiger partial charge in [0.05, 0.1) is 13.4 Å². The molecule has 0 spiro atoms. The van der Waals surface area contributed by atoms with Crippen LogP contribution in [0.2, 0.25) is 0 Å². The van der Waals surface area contributed by atoms with E-state index in [9.17, 15) is 21.6 Å². The van der Waals surface area contributed by atoms with Crippen molar-refractivity contribution in [2.45, 2.75) is 12.3 Å². The third-order valence-corrected chi connectivity index (χ3v) is 2.53. The highest BCUT2D eigenvalue weighted by Crippen LogP contribution is 2.37. The maximum atomic E-state index is 12.7. The Labute approximate surface area is 102 Å². The molecule has 1 aromatic rings. The molecular weight excluding hydrogens is 273 g/mol. The van der Waals surface area contributed by atoms with Gasteiger partial charge in [-0.2, -0.15) is 21.6 Å². The molecule has 1 atom stereocenters. The van der Waals surface area contributed by atoms with Crippen molar-refractivity contribution in [3.8, 4) is 5.75 Å². The number of hydrogen-bond acceptors (Lipinski definition) is 4. The third-order valence-electron chi connectivity index (χ3n) is 1.99. The summed E-state index contributed by atoms with van der Waals surface area (Å²) in [5.41, 5.74) is -0.311. The lowest BCUT2D eigenvalue weighted by Crippen LogP contribution is -2.25. The fraction of sp³-hybridized carbons (Fsp3) is 0.400. The summed E-state index contributed by atoms with van der Waals surface area (Å²) < 4.78 is 68.6. The number of halogens is 3. The summed E-state index contributed by atoms with van der Waals surface area (Å²) in [7, 11) is -2.86. The second-order valence-electron chi connectivity index (χ2n) is 3.50. The Balaban J connectivity index is 3.10. The molecule has 0 aliphatic carbocycles. The van der Waals surface area contributed by atoms with Crippen LogP contribution in [-0.2, 0) is 14.3 Å². The standard InChI is InChI=1S/C10H11F3O4S/c1-16-8-5-3-7(4-6-8)9(10(11,12)13)17-18(2,14)15/h3-6,9H,1-2H3. The van der Waals surface area contributed by atoms with Crippen LogP contribution in [0, 0.1) is 0 Å². The molecule has 0 fully saturated rings. The Hall–Kier alpha value is -1.28. The summed E-state index contributed by atoms with van der Waals surface area (Å²) in [5, 5.41) is 0. The predicted octanol–water partition coefficient (Wildman–Crippen LogP) is 2.27. The molecule has 0 radical (unpaired) electrons. The van der Waals surface area contributed by atoms with Crippen LogP contribution in [0.25, 0.3) is 0 Å². The van der Waals surface area contributed by atoms with Crippen LogP contribution >= 0.6 is 0 Å². The van der Waals surface area contributed by atoms with E-state index in [2.05, 4.69) is 4.18 Å². The Morgan fingerprint density at radius 1 is 1.17 bits per heavy atom. The first-order chi connectivity index (χ1) is 8.13. The van der Waals surface area contributed by atoms with Crippen LogP contribution in [0.3, 0.4) is 0 Å². The summed E-state index contributed by atoms with van der Waals surface area (Å²) in [6.45, 7) is 0. The van der Waals surface area contributed by atoms with Gasteiger partial charge in [-0.05, 0) is 17.7 Å². The van der Waals surface area contributed by atoms with Gasteiger partial charge in [-0.25, -0.2) is 0 Å². The van der Waals surface area contributed by atoms with Gasteiger partial charge >= 0.3 is 6.18 Å². The zero-order chi connectivity index (χ0) is 14.0. The van der Waals surface area contributed by atoms with E-state index < -0.39 is 22.4 Å². The average molecular weight is 284 g/mol. The lowest BCUT2D eigenvalue weighted by Gasteiger charge is -2.19. The molecule has 1 unspecified atom stereocenters. The molecule has 0 amide bonds. The zero-order valence-electron chi connectivity index (χ0n) is 9.56. The minimum atomic E-state index is -4.82. The minimum absolute atomic E-state index is 0.311. The molecule has 0 N–H and O–H groups in total. The summed E-state index contributed by atoms with van der Waals surface area (Å²) in [6, 6.07) is 4.78. The number of ether oxygens (including phenoxy) is 1. The maximum Gasteiger partial charge on any atom is 0.420 e. The molecule has 8 heteroatoms. The Bertz CT molecular complexity index is 493. The molecule has 1 aromatic carbocycles. The van der Waals surface area contributed by atoms with Crippen LogP contribution in [0.5, 0.6) is 5.75 Å². The van der Waals surface area contributed by atoms with Crippen LogP contribution in [0.15, 0.2) is 24.3 Å². The van der Waals surface area contributed by atoms with Crippen molar-refractivity contribution >= 4 is 10.1 Å². The largest absolute Gasteiger partial charge is 0.497 e. The Kier molecular flexibility index (Phi) is 4.23. The molecule has 0 aromatic heterocycles. The second kappa shape index (κ2) is 5.15. The highest BCUT2D eigenvalue weighted by molar-refractivity contribution is 7.86. The first-order valence-electron chi connectivity index (χ1n) is 4.72. The van der Waals surface area contributed by atoms with Gasteiger partial charge < -0.3 is 4.74 Å². The van der Waals surface area contributed by atoms with Crippen molar-refractivity contribution in [2.75, 3.05) is 13.4 Å². The molecule has 0 aliphatic heterocycles. The van der Waals surface area contributed by atoms with Crippen LogP contribution < -0.4 is 4.74 Å². The molecule has 1 rings (SSSR count). The van der Waals surface area contributed by atoms with Crippen LogP contribution in [0.4, 0.5) is 13.2 Å². The van der Waals surface area contributed by atoms with Gasteiger partial charge in [0, 0.05) is 0 Å². The second-order valence-corrected chi connectivity index (χ2v) is 5.10. The van der Waals surface area contributed by atoms with Gasteiger partial charge in [0.2, 0.25) is 0 Å². The topological polar surface area (TPSA) is 52.6 Å². The molecule has 0 saturated carbocycles. The van der Waals surface area contributed by atoms with Gasteiger partial charge in [-0.3, -0.25) is 4.18 Å². The summed E-state index contributed by atoms with van der Waals surface area (Å²) >= 11 is 0. The van der Waals surface area contributed by atoms with Crippen LogP contribution in [0.1, 0.15) is 11.7 Å². The number of hydrogen-bond donors (Lipinski definition) is 0. The van der Waals surface area contributed by atoms with Crippen molar-refractivity contribution in [1.82, 2.24) is 0 Å². The molecule has 18 heavy (non-hydrogen) atoms. The Morgan fingerprint density at radius 2 is 1.67 bits per heavy atom. The maximum absolute atomic E-state index is 12.7. The molecule has 0 aliphatic rings. The fourth-order valence-corrected chi connectivity index (χ4v) is 1.82. The SMILES string of the molecule is COc1ccc(C(OS(C)(=O)=O)C(F)(F)F)cc1. The molecule has 0 heterocycles. The van der Waals surface area contributed by atoms with E-state index in [0.717, 1.165) is 12.1 Å². The van der Waals surface area contributed by atoms with Crippen LogP contribution in [-0.4, -0.2) is 28.0 Å². The van der Waals surface area contributed by atoms with E-state index >= 15 is 0 Å². The first-order valence-corrected chi connectivity index (χ1v) is 6.54.